The van der Waals surface area contributed by atoms with E-state index >= 15 is 0 Å². The molecule has 2 unspecified atom stereocenters. The van der Waals surface area contributed by atoms with Gasteiger partial charge in [-0.15, -0.1) is 0 Å². The lowest BCUT2D eigenvalue weighted by atomic mass is 9.83. The Labute approximate surface area is 133 Å². The van der Waals surface area contributed by atoms with Crippen LogP contribution in [0.4, 0.5) is 8.78 Å². The van der Waals surface area contributed by atoms with E-state index in [1.807, 2.05) is 13.0 Å². The zero-order chi connectivity index (χ0) is 16.6. The Balaban J connectivity index is 1.94. The first-order valence-electron chi connectivity index (χ1n) is 7.75. The van der Waals surface area contributed by atoms with Crippen LogP contribution in [0.5, 0.6) is 0 Å². The first-order valence-corrected chi connectivity index (χ1v) is 7.75. The smallest absolute Gasteiger partial charge is 0.254 e. The normalized spacial score (nSPS) is 27.5. The molecule has 122 valence electrons. The second kappa shape index (κ2) is 5.85. The number of hydrogen-bond acceptors (Lipinski definition) is 4. The number of hydrogen-bond donors (Lipinski definition) is 0. The van der Waals surface area contributed by atoms with Crippen molar-refractivity contribution >= 4 is 5.91 Å². The quantitative estimate of drug-likeness (QED) is 0.855. The highest BCUT2D eigenvalue weighted by atomic mass is 19.3. The summed E-state index contributed by atoms with van der Waals surface area (Å²) < 4.78 is 27.3. The van der Waals surface area contributed by atoms with Crippen LogP contribution in [0.15, 0.2) is 18.5 Å². The van der Waals surface area contributed by atoms with Gasteiger partial charge in [0.05, 0.1) is 11.6 Å². The molecule has 2 atom stereocenters. The van der Waals surface area contributed by atoms with Gasteiger partial charge in [-0.25, -0.2) is 13.8 Å². The van der Waals surface area contributed by atoms with E-state index in [-0.39, 0.29) is 19.0 Å². The third-order valence-electron chi connectivity index (χ3n) is 4.75. The molecule has 2 saturated heterocycles. The summed E-state index contributed by atoms with van der Waals surface area (Å²) in [6.45, 7) is 2.44. The first kappa shape index (κ1) is 15.8. The van der Waals surface area contributed by atoms with Crippen molar-refractivity contribution in [3.63, 3.8) is 0 Å². The number of aromatic nitrogens is 1. The third kappa shape index (κ3) is 2.38. The number of amides is 1. The molecule has 1 amide bonds. The second-order valence-electron chi connectivity index (χ2n) is 6.17. The van der Waals surface area contributed by atoms with Crippen molar-refractivity contribution in [3.05, 3.63) is 29.6 Å². The minimum Gasteiger partial charge on any atom is -0.272 e. The fraction of sp³-hybridized carbons (Fsp3) is 0.562. The SMILES string of the molecule is CCCC1(C(F)F)CN2CCC(c3cncc(C#N)c3)N2C1=O. The van der Waals surface area contributed by atoms with Crippen molar-refractivity contribution in [2.24, 2.45) is 5.41 Å². The van der Waals surface area contributed by atoms with Gasteiger partial charge < -0.3 is 0 Å². The van der Waals surface area contributed by atoms with Gasteiger partial charge in [0.25, 0.3) is 12.3 Å². The van der Waals surface area contributed by atoms with Crippen LogP contribution < -0.4 is 0 Å². The monoisotopic (exact) mass is 320 g/mol. The lowest BCUT2D eigenvalue weighted by Gasteiger charge is -2.28. The molecule has 0 spiro atoms. The molecule has 0 radical (unpaired) electrons. The lowest BCUT2D eigenvalue weighted by Crippen LogP contribution is -2.41. The third-order valence-corrected chi connectivity index (χ3v) is 4.75. The number of nitriles is 1. The van der Waals surface area contributed by atoms with Gasteiger partial charge in [0.15, 0.2) is 0 Å². The van der Waals surface area contributed by atoms with Crippen LogP contribution >= 0.6 is 0 Å². The van der Waals surface area contributed by atoms with Crippen LogP contribution in [-0.2, 0) is 4.79 Å². The summed E-state index contributed by atoms with van der Waals surface area (Å²) in [5, 5.41) is 12.2. The molecular formula is C16H18F2N4O. The highest BCUT2D eigenvalue weighted by Crippen LogP contribution is 2.47. The van der Waals surface area contributed by atoms with Crippen LogP contribution in [0.1, 0.15) is 43.4 Å². The fourth-order valence-electron chi connectivity index (χ4n) is 3.66. The molecule has 3 heterocycles. The van der Waals surface area contributed by atoms with Gasteiger partial charge in [-0.05, 0) is 24.5 Å². The topological polar surface area (TPSA) is 60.2 Å². The number of carbonyl (C=O) groups is 1. The van der Waals surface area contributed by atoms with Gasteiger partial charge in [-0.2, -0.15) is 5.26 Å². The van der Waals surface area contributed by atoms with Crippen LogP contribution in [0, 0.1) is 16.7 Å². The Morgan fingerprint density at radius 2 is 2.30 bits per heavy atom. The summed E-state index contributed by atoms with van der Waals surface area (Å²) >= 11 is 0. The maximum Gasteiger partial charge on any atom is 0.254 e. The number of hydrazine groups is 1. The van der Waals surface area contributed by atoms with E-state index in [0.29, 0.717) is 24.9 Å². The second-order valence-corrected chi connectivity index (χ2v) is 6.17. The molecule has 0 saturated carbocycles. The Morgan fingerprint density at radius 1 is 1.52 bits per heavy atom. The number of fused-ring (bicyclic) bond motifs is 1. The number of rotatable bonds is 4. The van der Waals surface area contributed by atoms with Crippen LogP contribution in [0.3, 0.4) is 0 Å². The molecule has 7 heteroatoms. The van der Waals surface area contributed by atoms with E-state index in [9.17, 15) is 13.6 Å². The molecule has 0 bridgehead atoms. The first-order chi connectivity index (χ1) is 11.0. The molecule has 1 aromatic heterocycles. The van der Waals surface area contributed by atoms with Crippen LogP contribution in [0.25, 0.3) is 0 Å². The Hall–Kier alpha value is -2.07. The highest BCUT2D eigenvalue weighted by Gasteiger charge is 2.59. The summed E-state index contributed by atoms with van der Waals surface area (Å²) in [4.78, 5) is 16.8. The van der Waals surface area contributed by atoms with Crippen LogP contribution in [-0.4, -0.2) is 40.4 Å². The molecule has 2 aliphatic rings. The number of nitrogens with zero attached hydrogens (tertiary/aromatic N) is 4. The molecule has 0 aromatic carbocycles. The standard InChI is InChI=1S/C16H18F2N4O/c1-2-4-16(14(17)18)10-21-5-3-13(22(21)15(16)23)12-6-11(7-19)8-20-9-12/h6,8-9,13-14H,2-5,10H2,1H3. The average molecular weight is 320 g/mol. The van der Waals surface area contributed by atoms with E-state index in [4.69, 9.17) is 5.26 Å². The molecule has 2 aliphatic heterocycles. The average Bonchev–Trinajstić information content (AvgIpc) is 3.07. The van der Waals surface area contributed by atoms with E-state index in [0.717, 1.165) is 5.56 Å². The van der Waals surface area contributed by atoms with Crippen LogP contribution in [0.2, 0.25) is 0 Å². The predicted molar refractivity (Wildman–Crippen MR) is 78.1 cm³/mol. The molecule has 0 N–H and O–H groups in total. The summed E-state index contributed by atoms with van der Waals surface area (Å²) in [5.41, 5.74) is -0.476. The minimum atomic E-state index is -2.68. The number of alkyl halides is 2. The largest absolute Gasteiger partial charge is 0.272 e. The molecule has 2 fully saturated rings. The van der Waals surface area contributed by atoms with Gasteiger partial charge in [0, 0.05) is 25.5 Å². The molecule has 5 nitrogen and oxygen atoms in total. The Morgan fingerprint density at radius 3 is 2.96 bits per heavy atom. The molecule has 1 aromatic rings. The van der Waals surface area contributed by atoms with E-state index in [1.165, 1.54) is 11.2 Å². The van der Waals surface area contributed by atoms with Gasteiger partial charge in [0.2, 0.25) is 0 Å². The van der Waals surface area contributed by atoms with E-state index in [2.05, 4.69) is 4.98 Å². The summed E-state index contributed by atoms with van der Waals surface area (Å²) in [7, 11) is 0. The molecule has 0 aliphatic carbocycles. The predicted octanol–water partition coefficient (Wildman–Crippen LogP) is 2.51. The summed E-state index contributed by atoms with van der Waals surface area (Å²) in [6, 6.07) is 3.38. The maximum atomic E-state index is 13.7. The van der Waals surface area contributed by atoms with Gasteiger partial charge in [-0.3, -0.25) is 14.8 Å². The molecular weight excluding hydrogens is 302 g/mol. The van der Waals surface area contributed by atoms with Crippen molar-refractivity contribution in [1.82, 2.24) is 15.0 Å². The number of pyridine rings is 1. The van der Waals surface area contributed by atoms with Crippen molar-refractivity contribution < 1.29 is 13.6 Å². The summed E-state index contributed by atoms with van der Waals surface area (Å²) in [5.74, 6) is -0.501. The lowest BCUT2D eigenvalue weighted by molar-refractivity contribution is -0.149. The van der Waals surface area contributed by atoms with Crippen molar-refractivity contribution in [2.75, 3.05) is 13.1 Å². The van der Waals surface area contributed by atoms with Crippen molar-refractivity contribution in [2.45, 2.75) is 38.7 Å². The zero-order valence-corrected chi connectivity index (χ0v) is 12.9. The van der Waals surface area contributed by atoms with Gasteiger partial charge in [0.1, 0.15) is 11.5 Å². The Bertz CT molecular complexity index is 660. The maximum absolute atomic E-state index is 13.7. The fourth-order valence-corrected chi connectivity index (χ4v) is 3.66. The number of carbonyl (C=O) groups excluding carboxylic acids is 1. The minimum absolute atomic E-state index is 0.0687. The number of halogens is 2. The molecule has 3 rings (SSSR count). The highest BCUT2D eigenvalue weighted by molar-refractivity contribution is 5.85. The van der Waals surface area contributed by atoms with E-state index in [1.54, 1.807) is 17.3 Å². The Kier molecular flexibility index (Phi) is 4.02. The van der Waals surface area contributed by atoms with Gasteiger partial charge >= 0.3 is 0 Å². The molecule has 23 heavy (non-hydrogen) atoms. The van der Waals surface area contributed by atoms with Crippen molar-refractivity contribution in [3.8, 4) is 6.07 Å². The van der Waals surface area contributed by atoms with E-state index < -0.39 is 17.7 Å². The zero-order valence-electron chi connectivity index (χ0n) is 12.9. The van der Waals surface area contributed by atoms with Gasteiger partial charge in [-0.1, -0.05) is 13.3 Å². The summed E-state index contributed by atoms with van der Waals surface area (Å²) in [6.07, 6.45) is 1.75. The van der Waals surface area contributed by atoms with Crippen molar-refractivity contribution in [1.29, 1.82) is 5.26 Å².